The molecule has 0 saturated carbocycles. The molecule has 0 aromatic rings. The Labute approximate surface area is 157 Å². The van der Waals surface area contributed by atoms with E-state index in [1.807, 2.05) is 7.05 Å². The first-order chi connectivity index (χ1) is 10.8. The Morgan fingerprint density at radius 1 is 1.17 bits per heavy atom. The van der Waals surface area contributed by atoms with Crippen molar-refractivity contribution in [1.29, 1.82) is 0 Å². The summed E-state index contributed by atoms with van der Waals surface area (Å²) in [4.78, 5) is 9.38. The van der Waals surface area contributed by atoms with E-state index in [9.17, 15) is 0 Å². The molecule has 0 bridgehead atoms. The lowest BCUT2D eigenvalue weighted by atomic mass is 10.1. The molecule has 0 spiro atoms. The largest absolute Gasteiger partial charge is 0.381 e. The van der Waals surface area contributed by atoms with Crippen LogP contribution in [0.25, 0.3) is 0 Å². The van der Waals surface area contributed by atoms with Gasteiger partial charge in [0.2, 0.25) is 0 Å². The lowest BCUT2D eigenvalue weighted by Gasteiger charge is -2.37. The first-order valence-electron chi connectivity index (χ1n) is 8.72. The molecule has 3 aliphatic rings. The van der Waals surface area contributed by atoms with Crippen LogP contribution < -0.4 is 5.32 Å². The van der Waals surface area contributed by atoms with Gasteiger partial charge in [0.15, 0.2) is 5.96 Å². The van der Waals surface area contributed by atoms with Gasteiger partial charge < -0.3 is 19.7 Å². The normalized spacial score (nSPS) is 29.6. The lowest BCUT2D eigenvalue weighted by molar-refractivity contribution is 0.111. The molecule has 0 aliphatic carbocycles. The minimum atomic E-state index is 0. The molecule has 3 aliphatic heterocycles. The molecule has 0 aromatic heterocycles. The molecule has 2 atom stereocenters. The molecular formula is C16H31IN4O2. The van der Waals surface area contributed by atoms with Crippen molar-refractivity contribution in [2.24, 2.45) is 10.9 Å². The SMILES string of the molecule is CN=C(NCC1CCCO1)N1CCN(CC2CCOC2)CC1.I. The minimum absolute atomic E-state index is 0. The monoisotopic (exact) mass is 438 g/mol. The van der Waals surface area contributed by atoms with Crippen LogP contribution >= 0.6 is 24.0 Å². The topological polar surface area (TPSA) is 49.3 Å². The predicted octanol–water partition coefficient (Wildman–Crippen LogP) is 1.01. The zero-order valence-electron chi connectivity index (χ0n) is 14.2. The van der Waals surface area contributed by atoms with Crippen molar-refractivity contribution in [1.82, 2.24) is 15.1 Å². The van der Waals surface area contributed by atoms with Crippen molar-refractivity contribution in [3.8, 4) is 0 Å². The van der Waals surface area contributed by atoms with Crippen LogP contribution in [0.5, 0.6) is 0 Å². The van der Waals surface area contributed by atoms with Crippen molar-refractivity contribution < 1.29 is 9.47 Å². The van der Waals surface area contributed by atoms with Crippen LogP contribution in [-0.2, 0) is 9.47 Å². The third-order valence-corrected chi connectivity index (χ3v) is 4.94. The van der Waals surface area contributed by atoms with Gasteiger partial charge in [0, 0.05) is 59.5 Å². The Kier molecular flexibility index (Phi) is 8.35. The van der Waals surface area contributed by atoms with E-state index < -0.39 is 0 Å². The average Bonchev–Trinajstić information content (AvgIpc) is 3.23. The molecule has 2 unspecified atom stereocenters. The maximum Gasteiger partial charge on any atom is 0.193 e. The van der Waals surface area contributed by atoms with Crippen LogP contribution in [0, 0.1) is 5.92 Å². The van der Waals surface area contributed by atoms with Crippen molar-refractivity contribution in [2.45, 2.75) is 25.4 Å². The summed E-state index contributed by atoms with van der Waals surface area (Å²) >= 11 is 0. The molecule has 0 aromatic carbocycles. The Morgan fingerprint density at radius 2 is 2.00 bits per heavy atom. The van der Waals surface area contributed by atoms with Gasteiger partial charge in [-0.15, -0.1) is 24.0 Å². The highest BCUT2D eigenvalue weighted by molar-refractivity contribution is 14.0. The fourth-order valence-corrected chi connectivity index (χ4v) is 3.58. The summed E-state index contributed by atoms with van der Waals surface area (Å²) in [5.74, 6) is 1.77. The Hall–Kier alpha value is -0.120. The number of nitrogens with one attached hydrogen (secondary N) is 1. The van der Waals surface area contributed by atoms with E-state index in [0.29, 0.717) is 6.10 Å². The molecule has 0 radical (unpaired) electrons. The molecule has 3 heterocycles. The summed E-state index contributed by atoms with van der Waals surface area (Å²) in [5.41, 5.74) is 0. The highest BCUT2D eigenvalue weighted by Gasteiger charge is 2.24. The minimum Gasteiger partial charge on any atom is -0.381 e. The molecule has 6 nitrogen and oxygen atoms in total. The third-order valence-electron chi connectivity index (χ3n) is 4.94. The number of halogens is 1. The number of hydrogen-bond acceptors (Lipinski definition) is 4. The third kappa shape index (κ3) is 5.72. The van der Waals surface area contributed by atoms with Gasteiger partial charge in [-0.3, -0.25) is 9.89 Å². The number of rotatable bonds is 4. The number of hydrogen-bond donors (Lipinski definition) is 1. The van der Waals surface area contributed by atoms with Crippen molar-refractivity contribution >= 4 is 29.9 Å². The van der Waals surface area contributed by atoms with Gasteiger partial charge >= 0.3 is 0 Å². The summed E-state index contributed by atoms with van der Waals surface area (Å²) in [6.07, 6.45) is 3.95. The van der Waals surface area contributed by atoms with Gasteiger partial charge in [-0.25, -0.2) is 0 Å². The quantitative estimate of drug-likeness (QED) is 0.404. The molecule has 3 fully saturated rings. The summed E-state index contributed by atoms with van der Waals surface area (Å²) < 4.78 is 11.1. The van der Waals surface area contributed by atoms with E-state index in [1.165, 1.54) is 25.8 Å². The van der Waals surface area contributed by atoms with Gasteiger partial charge in [0.1, 0.15) is 0 Å². The Balaban J connectivity index is 0.00000192. The summed E-state index contributed by atoms with van der Waals surface area (Å²) in [5, 5.41) is 3.48. The number of piperazine rings is 1. The van der Waals surface area contributed by atoms with Crippen molar-refractivity contribution in [2.75, 3.05) is 66.1 Å². The fourth-order valence-electron chi connectivity index (χ4n) is 3.58. The lowest BCUT2D eigenvalue weighted by Crippen LogP contribution is -2.53. The molecule has 134 valence electrons. The van der Waals surface area contributed by atoms with E-state index in [4.69, 9.17) is 9.47 Å². The number of aliphatic imine (C=N–C) groups is 1. The van der Waals surface area contributed by atoms with Gasteiger partial charge in [0.25, 0.3) is 0 Å². The van der Waals surface area contributed by atoms with Crippen LogP contribution in [0.2, 0.25) is 0 Å². The average molecular weight is 438 g/mol. The van der Waals surface area contributed by atoms with Gasteiger partial charge in [-0.05, 0) is 25.2 Å². The zero-order valence-corrected chi connectivity index (χ0v) is 16.5. The molecule has 23 heavy (non-hydrogen) atoms. The predicted molar refractivity (Wildman–Crippen MR) is 103 cm³/mol. The van der Waals surface area contributed by atoms with Crippen LogP contribution in [0.4, 0.5) is 0 Å². The van der Waals surface area contributed by atoms with E-state index >= 15 is 0 Å². The van der Waals surface area contributed by atoms with Crippen LogP contribution in [0.15, 0.2) is 4.99 Å². The van der Waals surface area contributed by atoms with Crippen molar-refractivity contribution in [3.05, 3.63) is 0 Å². The molecule has 3 rings (SSSR count). The smallest absolute Gasteiger partial charge is 0.193 e. The highest BCUT2D eigenvalue weighted by atomic mass is 127. The van der Waals surface area contributed by atoms with E-state index in [2.05, 4.69) is 20.1 Å². The van der Waals surface area contributed by atoms with Crippen LogP contribution in [0.3, 0.4) is 0 Å². The second kappa shape index (κ2) is 10.0. The standard InChI is InChI=1S/C16H30N4O2.HI/c1-17-16(18-11-15-3-2-9-22-15)20-7-5-19(6-8-20)12-14-4-10-21-13-14;/h14-15H,2-13H2,1H3,(H,17,18);1H. The molecule has 3 saturated heterocycles. The molecular weight excluding hydrogens is 407 g/mol. The Morgan fingerprint density at radius 3 is 2.61 bits per heavy atom. The second-order valence-electron chi connectivity index (χ2n) is 6.58. The molecule has 1 N–H and O–H groups in total. The van der Waals surface area contributed by atoms with Gasteiger partial charge in [0.05, 0.1) is 12.7 Å². The Bertz CT molecular complexity index is 363. The maximum atomic E-state index is 5.67. The summed E-state index contributed by atoms with van der Waals surface area (Å²) in [6, 6.07) is 0. The van der Waals surface area contributed by atoms with E-state index in [0.717, 1.165) is 64.4 Å². The van der Waals surface area contributed by atoms with E-state index in [-0.39, 0.29) is 24.0 Å². The number of guanidine groups is 1. The summed E-state index contributed by atoms with van der Waals surface area (Å²) in [7, 11) is 1.88. The maximum absolute atomic E-state index is 5.67. The van der Waals surface area contributed by atoms with E-state index in [1.54, 1.807) is 0 Å². The zero-order chi connectivity index (χ0) is 15.2. The fraction of sp³-hybridized carbons (Fsp3) is 0.938. The van der Waals surface area contributed by atoms with Crippen molar-refractivity contribution in [3.63, 3.8) is 0 Å². The second-order valence-corrected chi connectivity index (χ2v) is 6.58. The van der Waals surface area contributed by atoms with Crippen LogP contribution in [0.1, 0.15) is 19.3 Å². The van der Waals surface area contributed by atoms with Gasteiger partial charge in [-0.2, -0.15) is 0 Å². The summed E-state index contributed by atoms with van der Waals surface area (Å²) in [6.45, 7) is 9.23. The molecule has 0 amide bonds. The molecule has 7 heteroatoms. The number of nitrogens with zero attached hydrogens (tertiary/aromatic N) is 3. The van der Waals surface area contributed by atoms with Crippen LogP contribution in [-0.4, -0.2) is 88.0 Å². The highest BCUT2D eigenvalue weighted by Crippen LogP contribution is 2.15. The van der Waals surface area contributed by atoms with Gasteiger partial charge in [-0.1, -0.05) is 0 Å². The first-order valence-corrected chi connectivity index (χ1v) is 8.72. The number of ether oxygens (including phenoxy) is 2. The first kappa shape index (κ1) is 19.2.